The molecule has 1 saturated carbocycles. The van der Waals surface area contributed by atoms with Gasteiger partial charge in [-0.1, -0.05) is 25.2 Å². The highest BCUT2D eigenvalue weighted by atomic mass is 16.7. The van der Waals surface area contributed by atoms with Gasteiger partial charge in [0, 0.05) is 30.4 Å². The Hall–Kier alpha value is -2.53. The third-order valence-corrected chi connectivity index (χ3v) is 9.55. The highest BCUT2D eigenvalue weighted by Crippen LogP contribution is 2.72. The van der Waals surface area contributed by atoms with E-state index in [1.165, 1.54) is 24.3 Å². The van der Waals surface area contributed by atoms with Gasteiger partial charge in [0.15, 0.2) is 6.10 Å². The molecule has 6 aliphatic rings. The van der Waals surface area contributed by atoms with Crippen molar-refractivity contribution in [3.05, 3.63) is 36.0 Å². The fourth-order valence-corrected chi connectivity index (χ4v) is 7.03. The summed E-state index contributed by atoms with van der Waals surface area (Å²) in [4.78, 5) is 37.9. The molecule has 3 unspecified atom stereocenters. The van der Waals surface area contributed by atoms with E-state index in [4.69, 9.17) is 28.4 Å². The van der Waals surface area contributed by atoms with Gasteiger partial charge in [-0.3, -0.25) is 0 Å². The quantitative estimate of drug-likeness (QED) is 0.235. The van der Waals surface area contributed by atoms with Gasteiger partial charge >= 0.3 is 17.9 Å². The third kappa shape index (κ3) is 3.64. The summed E-state index contributed by atoms with van der Waals surface area (Å²) in [6.07, 6.45) is 7.15. The Balaban J connectivity index is 1.37. The van der Waals surface area contributed by atoms with E-state index in [9.17, 15) is 19.5 Å². The molecule has 6 rings (SSSR count). The molecule has 0 aromatic rings. The van der Waals surface area contributed by atoms with Crippen LogP contribution in [0.5, 0.6) is 0 Å². The molecule has 8 atom stereocenters. The summed E-state index contributed by atoms with van der Waals surface area (Å²) in [6, 6.07) is 0. The highest BCUT2D eigenvalue weighted by Gasteiger charge is 2.83. The molecule has 0 amide bonds. The van der Waals surface area contributed by atoms with Crippen LogP contribution in [0.1, 0.15) is 39.5 Å². The number of carbonyl (C=O) groups excluding carboxylic acids is 3. The molecule has 10 heteroatoms. The van der Waals surface area contributed by atoms with Crippen LogP contribution in [0.4, 0.5) is 0 Å². The zero-order valence-electron chi connectivity index (χ0n) is 21.0. The minimum atomic E-state index is -0.773. The Kier molecular flexibility index (Phi) is 5.69. The number of hydrogen-bond acceptors (Lipinski definition) is 10. The van der Waals surface area contributed by atoms with Crippen molar-refractivity contribution in [2.75, 3.05) is 26.4 Å². The predicted octanol–water partition coefficient (Wildman–Crippen LogP) is 1.30. The molecule has 4 fully saturated rings. The van der Waals surface area contributed by atoms with Gasteiger partial charge < -0.3 is 33.5 Å². The number of ether oxygens (including phenoxy) is 6. The van der Waals surface area contributed by atoms with E-state index in [0.717, 1.165) is 5.57 Å². The molecular weight excluding hydrogens is 484 g/mol. The first-order chi connectivity index (χ1) is 17.7. The molecule has 1 N–H and O–H groups in total. The Bertz CT molecular complexity index is 1100. The predicted molar refractivity (Wildman–Crippen MR) is 125 cm³/mol. The lowest BCUT2D eigenvalue weighted by atomic mass is 9.51. The molecule has 4 heterocycles. The Morgan fingerprint density at radius 1 is 1.00 bits per heavy atom. The lowest BCUT2D eigenvalue weighted by Crippen LogP contribution is -2.67. The summed E-state index contributed by atoms with van der Waals surface area (Å²) in [6.45, 7) is 4.33. The van der Waals surface area contributed by atoms with Crippen molar-refractivity contribution in [1.29, 1.82) is 0 Å². The number of esters is 3. The summed E-state index contributed by atoms with van der Waals surface area (Å²) < 4.78 is 35.5. The van der Waals surface area contributed by atoms with Gasteiger partial charge in [0.1, 0.15) is 23.9 Å². The molecule has 2 aliphatic carbocycles. The van der Waals surface area contributed by atoms with Gasteiger partial charge in [0.25, 0.3) is 0 Å². The first-order valence-electron chi connectivity index (χ1n) is 12.8. The maximum absolute atomic E-state index is 13.1. The minimum absolute atomic E-state index is 0.0254. The number of aliphatic hydroxyl groups is 1. The zero-order valence-corrected chi connectivity index (χ0v) is 21.0. The monoisotopic (exact) mass is 516 g/mol. The van der Waals surface area contributed by atoms with Crippen molar-refractivity contribution >= 4 is 17.9 Å². The van der Waals surface area contributed by atoms with E-state index in [0.29, 0.717) is 32.3 Å². The molecule has 200 valence electrons. The largest absolute Gasteiger partial charge is 0.463 e. The molecule has 37 heavy (non-hydrogen) atoms. The number of aliphatic hydroxyl groups excluding tert-OH is 1. The molecule has 2 bridgehead atoms. The Morgan fingerprint density at radius 2 is 1.76 bits per heavy atom. The second kappa shape index (κ2) is 8.49. The van der Waals surface area contributed by atoms with Crippen LogP contribution in [0.3, 0.4) is 0 Å². The second-order valence-corrected chi connectivity index (χ2v) is 11.3. The third-order valence-electron chi connectivity index (χ3n) is 9.55. The fraction of sp³-hybridized carbons (Fsp3) is 0.667. The van der Waals surface area contributed by atoms with Crippen LogP contribution in [-0.4, -0.2) is 85.1 Å². The summed E-state index contributed by atoms with van der Waals surface area (Å²) in [5, 5.41) is 9.83. The summed E-state index contributed by atoms with van der Waals surface area (Å²) >= 11 is 0. The van der Waals surface area contributed by atoms with Crippen molar-refractivity contribution in [3.8, 4) is 0 Å². The van der Waals surface area contributed by atoms with Gasteiger partial charge in [-0.25, -0.2) is 14.4 Å². The highest BCUT2D eigenvalue weighted by molar-refractivity contribution is 5.84. The number of epoxide rings is 2. The molecule has 0 radical (unpaired) electrons. The maximum atomic E-state index is 13.1. The van der Waals surface area contributed by atoms with E-state index in [1.807, 2.05) is 6.08 Å². The number of allylic oxidation sites excluding steroid dienone is 2. The lowest BCUT2D eigenvalue weighted by molar-refractivity contribution is -0.233. The van der Waals surface area contributed by atoms with Crippen LogP contribution >= 0.6 is 0 Å². The molecular formula is C27H32O10. The van der Waals surface area contributed by atoms with Gasteiger partial charge in [0.2, 0.25) is 0 Å². The van der Waals surface area contributed by atoms with Crippen LogP contribution in [-0.2, 0) is 42.8 Å². The summed E-state index contributed by atoms with van der Waals surface area (Å²) in [5.74, 6) is -1.61. The van der Waals surface area contributed by atoms with Crippen molar-refractivity contribution in [2.45, 2.75) is 75.1 Å². The van der Waals surface area contributed by atoms with E-state index >= 15 is 0 Å². The standard InChI is InChI=1S/C27H32O10/c1-24-9-10-32-20(29)5-3-4-6-21(30)36-17-12-19-27(15-34-27)25(17,2)26(14-33-23(31)22(24)37-24)8-7-16(13-28)11-18(26)35-19/h3-6,11,17-19,22,28H,7-10,12-15H2,1-2H3/b5-3?,6-4+/t17-,18-,19-,22-,24?,25+,26?,27?/m1/s1. The maximum Gasteiger partial charge on any atom is 0.338 e. The van der Waals surface area contributed by atoms with Gasteiger partial charge in [-0.2, -0.15) is 0 Å². The Morgan fingerprint density at radius 3 is 2.49 bits per heavy atom. The SMILES string of the molecule is CC12CCOC(=O)C=C/C=C/C(=O)O[C@@H]3C[C@H]4O[C@@H]5C=C(CO)CCC5(COC(=O)[C@H]1O2)[C@@]3(C)C41CO1. The number of rotatable bonds is 1. The van der Waals surface area contributed by atoms with Crippen molar-refractivity contribution in [3.63, 3.8) is 0 Å². The van der Waals surface area contributed by atoms with Gasteiger partial charge in [0.05, 0.1) is 37.4 Å². The normalized spacial score (nSPS) is 47.9. The topological polar surface area (TPSA) is 133 Å². The van der Waals surface area contributed by atoms with Crippen molar-refractivity contribution in [1.82, 2.24) is 0 Å². The van der Waals surface area contributed by atoms with E-state index in [-0.39, 0.29) is 25.9 Å². The second-order valence-electron chi connectivity index (χ2n) is 11.3. The number of cyclic esters (lactones) is 2. The van der Waals surface area contributed by atoms with E-state index in [2.05, 4.69) is 6.92 Å². The van der Waals surface area contributed by atoms with Crippen molar-refractivity contribution < 1.29 is 47.9 Å². The van der Waals surface area contributed by atoms with Crippen LogP contribution in [0, 0.1) is 10.8 Å². The van der Waals surface area contributed by atoms with Gasteiger partial charge in [-0.05, 0) is 25.3 Å². The molecule has 0 aromatic heterocycles. The lowest BCUT2D eigenvalue weighted by Gasteiger charge is -2.58. The first kappa shape index (κ1) is 24.8. The molecule has 10 nitrogen and oxygen atoms in total. The molecule has 0 aromatic carbocycles. The summed E-state index contributed by atoms with van der Waals surface area (Å²) in [5.41, 5.74) is -2.01. The Labute approximate surface area is 214 Å². The summed E-state index contributed by atoms with van der Waals surface area (Å²) in [7, 11) is 0. The number of fused-ring (bicyclic) bond motifs is 1. The van der Waals surface area contributed by atoms with Crippen LogP contribution in [0.2, 0.25) is 0 Å². The molecule has 2 spiro atoms. The number of hydrogen-bond donors (Lipinski definition) is 1. The minimum Gasteiger partial charge on any atom is -0.463 e. The van der Waals surface area contributed by atoms with E-state index < -0.39 is 58.3 Å². The first-order valence-corrected chi connectivity index (χ1v) is 12.8. The average molecular weight is 517 g/mol. The molecule has 3 saturated heterocycles. The molecule has 4 aliphatic heterocycles. The average Bonchev–Trinajstić information content (AvgIpc) is 3.78. The smallest absolute Gasteiger partial charge is 0.338 e. The van der Waals surface area contributed by atoms with Gasteiger partial charge in [-0.15, -0.1) is 0 Å². The van der Waals surface area contributed by atoms with Crippen LogP contribution in [0.25, 0.3) is 0 Å². The zero-order chi connectivity index (χ0) is 26.1. The fourth-order valence-electron chi connectivity index (χ4n) is 7.03. The van der Waals surface area contributed by atoms with Crippen molar-refractivity contribution in [2.24, 2.45) is 10.8 Å². The van der Waals surface area contributed by atoms with Crippen LogP contribution in [0.15, 0.2) is 36.0 Å². The van der Waals surface area contributed by atoms with Crippen LogP contribution < -0.4 is 0 Å². The van der Waals surface area contributed by atoms with E-state index in [1.54, 1.807) is 6.92 Å². The number of carbonyl (C=O) groups is 3.